The third-order valence-electron chi connectivity index (χ3n) is 6.25. The molecule has 1 aliphatic carbocycles. The fourth-order valence-corrected chi connectivity index (χ4v) is 4.51. The van der Waals surface area contributed by atoms with E-state index in [1.54, 1.807) is 18.2 Å². The van der Waals surface area contributed by atoms with Crippen molar-refractivity contribution in [3.05, 3.63) is 59.2 Å². The molecule has 1 saturated carbocycles. The van der Waals surface area contributed by atoms with E-state index in [0.29, 0.717) is 16.7 Å². The molecule has 1 N–H and O–H groups in total. The van der Waals surface area contributed by atoms with Crippen molar-refractivity contribution in [2.24, 2.45) is 0 Å². The van der Waals surface area contributed by atoms with Gasteiger partial charge in [0.25, 0.3) is 0 Å². The Balaban J connectivity index is 1.71. The molecule has 0 aliphatic heterocycles. The van der Waals surface area contributed by atoms with Crippen LogP contribution in [-0.2, 0) is 4.74 Å². The van der Waals surface area contributed by atoms with Crippen LogP contribution in [0.15, 0.2) is 36.4 Å². The van der Waals surface area contributed by atoms with Gasteiger partial charge < -0.3 is 9.84 Å². The average Bonchev–Trinajstić information content (AvgIpc) is 2.77. The first-order chi connectivity index (χ1) is 15.0. The van der Waals surface area contributed by atoms with Crippen LogP contribution in [0.4, 0.5) is 8.78 Å². The number of ether oxygens (including phenoxy) is 1. The first-order valence-corrected chi connectivity index (χ1v) is 11.4. The van der Waals surface area contributed by atoms with Crippen LogP contribution in [0.25, 0.3) is 11.1 Å². The van der Waals surface area contributed by atoms with Crippen molar-refractivity contribution in [3.63, 3.8) is 0 Å². The maximum Gasteiger partial charge on any atom is 0.338 e. The fourth-order valence-electron chi connectivity index (χ4n) is 4.51. The highest BCUT2D eigenvalue weighted by Crippen LogP contribution is 2.41. The van der Waals surface area contributed by atoms with E-state index >= 15 is 4.39 Å². The molecule has 5 heteroatoms. The lowest BCUT2D eigenvalue weighted by Gasteiger charge is -2.30. The number of carboxylic acids is 1. The zero-order valence-corrected chi connectivity index (χ0v) is 18.2. The predicted octanol–water partition coefficient (Wildman–Crippen LogP) is 7.34. The van der Waals surface area contributed by atoms with Gasteiger partial charge in [0, 0.05) is 6.61 Å². The van der Waals surface area contributed by atoms with Gasteiger partial charge in [0.2, 0.25) is 0 Å². The minimum Gasteiger partial charge on any atom is -0.478 e. The molecule has 31 heavy (non-hydrogen) atoms. The van der Waals surface area contributed by atoms with E-state index < -0.39 is 11.8 Å². The van der Waals surface area contributed by atoms with Crippen LogP contribution in [0.1, 0.15) is 86.6 Å². The van der Waals surface area contributed by atoms with E-state index in [-0.39, 0.29) is 23.4 Å². The van der Waals surface area contributed by atoms with E-state index in [0.717, 1.165) is 38.7 Å². The summed E-state index contributed by atoms with van der Waals surface area (Å²) in [7, 11) is 0. The summed E-state index contributed by atoms with van der Waals surface area (Å²) in [5.74, 6) is -2.39. The Hall–Kier alpha value is -2.27. The van der Waals surface area contributed by atoms with Crippen LogP contribution in [0.3, 0.4) is 0 Å². The minimum atomic E-state index is -1.27. The molecular weight excluding hydrogens is 398 g/mol. The van der Waals surface area contributed by atoms with Gasteiger partial charge in [-0.25, -0.2) is 13.6 Å². The zero-order valence-electron chi connectivity index (χ0n) is 18.2. The molecule has 0 heterocycles. The number of carbonyl (C=O) groups is 1. The number of aromatic carboxylic acids is 1. The SMILES string of the molecule is CCCCCCCOC1CCC(c2c(-c3ccc(F)cc3)ccc(C(=O)O)c2F)CC1. The van der Waals surface area contributed by atoms with E-state index in [9.17, 15) is 14.3 Å². The maximum absolute atomic E-state index is 15.3. The average molecular weight is 431 g/mol. The van der Waals surface area contributed by atoms with Gasteiger partial charge in [-0.3, -0.25) is 0 Å². The summed E-state index contributed by atoms with van der Waals surface area (Å²) in [5, 5.41) is 9.39. The lowest BCUT2D eigenvalue weighted by atomic mass is 9.79. The first-order valence-electron chi connectivity index (χ1n) is 11.4. The van der Waals surface area contributed by atoms with Crippen LogP contribution in [0.2, 0.25) is 0 Å². The van der Waals surface area contributed by atoms with Crippen LogP contribution < -0.4 is 0 Å². The Labute approximate surface area is 183 Å². The second-order valence-electron chi connectivity index (χ2n) is 8.46. The molecule has 3 nitrogen and oxygen atoms in total. The van der Waals surface area contributed by atoms with Crippen LogP contribution in [0, 0.1) is 11.6 Å². The van der Waals surface area contributed by atoms with Gasteiger partial charge in [-0.1, -0.05) is 50.8 Å². The molecule has 0 atom stereocenters. The fraction of sp³-hybridized carbons (Fsp3) is 0.500. The largest absolute Gasteiger partial charge is 0.478 e. The maximum atomic E-state index is 15.3. The molecule has 0 aromatic heterocycles. The Morgan fingerprint density at radius 2 is 1.65 bits per heavy atom. The molecule has 0 spiro atoms. The molecule has 2 aromatic carbocycles. The highest BCUT2D eigenvalue weighted by Gasteiger charge is 2.29. The van der Waals surface area contributed by atoms with Crippen molar-refractivity contribution in [3.8, 4) is 11.1 Å². The molecule has 0 unspecified atom stereocenters. The van der Waals surface area contributed by atoms with Crippen molar-refractivity contribution in [2.75, 3.05) is 6.61 Å². The molecule has 1 aliphatic rings. The summed E-state index contributed by atoms with van der Waals surface area (Å²) in [6, 6.07) is 8.85. The molecule has 2 aromatic rings. The van der Waals surface area contributed by atoms with Crippen LogP contribution in [-0.4, -0.2) is 23.8 Å². The number of benzene rings is 2. The van der Waals surface area contributed by atoms with Crippen molar-refractivity contribution >= 4 is 5.97 Å². The van der Waals surface area contributed by atoms with Crippen LogP contribution in [0.5, 0.6) is 0 Å². The summed E-state index contributed by atoms with van der Waals surface area (Å²) in [6.45, 7) is 2.97. The second kappa shape index (κ2) is 11.4. The van der Waals surface area contributed by atoms with Crippen molar-refractivity contribution in [1.29, 1.82) is 0 Å². The van der Waals surface area contributed by atoms with Crippen molar-refractivity contribution < 1.29 is 23.4 Å². The topological polar surface area (TPSA) is 46.5 Å². The summed E-state index contributed by atoms with van der Waals surface area (Å²) in [6.07, 6.45) is 9.34. The van der Waals surface area contributed by atoms with Gasteiger partial charge in [0.1, 0.15) is 11.6 Å². The number of rotatable bonds is 10. The number of hydrogen-bond acceptors (Lipinski definition) is 2. The molecule has 0 bridgehead atoms. The normalized spacial score (nSPS) is 18.8. The van der Waals surface area contributed by atoms with Gasteiger partial charge in [0.05, 0.1) is 11.7 Å². The van der Waals surface area contributed by atoms with Gasteiger partial charge in [-0.05, 0) is 72.9 Å². The van der Waals surface area contributed by atoms with Gasteiger partial charge in [-0.15, -0.1) is 0 Å². The highest BCUT2D eigenvalue weighted by molar-refractivity contribution is 5.89. The van der Waals surface area contributed by atoms with Crippen molar-refractivity contribution in [2.45, 2.75) is 76.7 Å². The monoisotopic (exact) mass is 430 g/mol. The summed E-state index contributed by atoms with van der Waals surface area (Å²) >= 11 is 0. The number of hydrogen-bond donors (Lipinski definition) is 1. The predicted molar refractivity (Wildman–Crippen MR) is 118 cm³/mol. The van der Waals surface area contributed by atoms with E-state index in [1.165, 1.54) is 43.9 Å². The zero-order chi connectivity index (χ0) is 22.2. The highest BCUT2D eigenvalue weighted by atomic mass is 19.1. The minimum absolute atomic E-state index is 0.0799. The first kappa shape index (κ1) is 23.4. The van der Waals surface area contributed by atoms with E-state index in [1.807, 2.05) is 0 Å². The Morgan fingerprint density at radius 1 is 0.968 bits per heavy atom. The lowest BCUT2D eigenvalue weighted by molar-refractivity contribution is 0.0224. The summed E-state index contributed by atoms with van der Waals surface area (Å²) < 4.78 is 34.7. The number of carboxylic acid groups (broad SMARTS) is 1. The molecule has 168 valence electrons. The second-order valence-corrected chi connectivity index (χ2v) is 8.46. The Kier molecular flexibility index (Phi) is 8.59. The molecule has 0 saturated heterocycles. The molecule has 1 fully saturated rings. The van der Waals surface area contributed by atoms with Gasteiger partial charge in [0.15, 0.2) is 0 Å². The van der Waals surface area contributed by atoms with E-state index in [2.05, 4.69) is 6.92 Å². The smallest absolute Gasteiger partial charge is 0.338 e. The van der Waals surface area contributed by atoms with Crippen LogP contribution >= 0.6 is 0 Å². The molecule has 3 rings (SSSR count). The van der Waals surface area contributed by atoms with E-state index in [4.69, 9.17) is 4.74 Å². The molecule has 0 radical (unpaired) electrons. The van der Waals surface area contributed by atoms with Gasteiger partial charge in [-0.2, -0.15) is 0 Å². The third kappa shape index (κ3) is 6.13. The number of unbranched alkanes of at least 4 members (excludes halogenated alkanes) is 4. The van der Waals surface area contributed by atoms with Crippen molar-refractivity contribution in [1.82, 2.24) is 0 Å². The third-order valence-corrected chi connectivity index (χ3v) is 6.25. The standard InChI is InChI=1S/C26H32F2O3/c1-2-3-4-5-6-17-31-21-13-9-19(10-14-21)24-22(18-7-11-20(27)12-8-18)15-16-23(25(24)28)26(29)30/h7-8,11-12,15-16,19,21H,2-6,9-10,13-14,17H2,1H3,(H,29,30). The molecular formula is C26H32F2O3. The summed E-state index contributed by atoms with van der Waals surface area (Å²) in [5.41, 5.74) is 1.45. The quantitative estimate of drug-likeness (QED) is 0.401. The number of halogens is 2. The Morgan fingerprint density at radius 3 is 2.29 bits per heavy atom. The lowest BCUT2D eigenvalue weighted by Crippen LogP contribution is -2.22. The van der Waals surface area contributed by atoms with Gasteiger partial charge >= 0.3 is 5.97 Å². The Bertz CT molecular complexity index is 856. The molecule has 0 amide bonds. The summed E-state index contributed by atoms with van der Waals surface area (Å²) in [4.78, 5) is 11.5.